The number of nitrogens with zero attached hydrogens (tertiary/aromatic N) is 2. The van der Waals surface area contributed by atoms with Crippen molar-refractivity contribution in [2.75, 3.05) is 5.73 Å². The van der Waals surface area contributed by atoms with Crippen molar-refractivity contribution in [2.24, 2.45) is 5.16 Å². The van der Waals surface area contributed by atoms with Gasteiger partial charge in [0.2, 0.25) is 5.60 Å². The summed E-state index contributed by atoms with van der Waals surface area (Å²) in [6.45, 7) is 2.56. The van der Waals surface area contributed by atoms with Crippen LogP contribution in [0.25, 0.3) is 0 Å². The zero-order valence-corrected chi connectivity index (χ0v) is 11.1. The first kappa shape index (κ1) is 14.4. The maximum absolute atomic E-state index is 11.2. The van der Waals surface area contributed by atoms with Gasteiger partial charge in [-0.3, -0.25) is 4.79 Å². The van der Waals surface area contributed by atoms with Crippen molar-refractivity contribution in [1.82, 2.24) is 4.98 Å². The minimum Gasteiger partial charge on any atom is -0.478 e. The lowest BCUT2D eigenvalue weighted by atomic mass is 10.1. The normalized spacial score (nSPS) is 12.3. The molecule has 0 spiro atoms. The van der Waals surface area contributed by atoms with E-state index in [1.54, 1.807) is 0 Å². The summed E-state index contributed by atoms with van der Waals surface area (Å²) >= 11 is 6.42. The van der Waals surface area contributed by atoms with E-state index < -0.39 is 16.8 Å². The van der Waals surface area contributed by atoms with Crippen LogP contribution >= 0.6 is 22.9 Å². The molecule has 1 heterocycles. The highest BCUT2D eigenvalue weighted by Gasteiger charge is 2.30. The highest BCUT2D eigenvalue weighted by atomic mass is 35.5. The van der Waals surface area contributed by atoms with Crippen molar-refractivity contribution < 1.29 is 19.5 Å². The lowest BCUT2D eigenvalue weighted by molar-refractivity contribution is -0.161. The monoisotopic (exact) mass is 291 g/mol. The third-order valence-corrected chi connectivity index (χ3v) is 2.68. The zero-order valence-electron chi connectivity index (χ0n) is 9.51. The predicted molar refractivity (Wildman–Crippen MR) is 66.7 cm³/mol. The van der Waals surface area contributed by atoms with E-state index >= 15 is 0 Å². The summed E-state index contributed by atoms with van der Waals surface area (Å²) in [4.78, 5) is 30.6. The molecule has 18 heavy (non-hydrogen) atoms. The fraction of sp³-hybridized carbons (Fsp3) is 0.333. The Kier molecular flexibility index (Phi) is 4.25. The van der Waals surface area contributed by atoms with E-state index in [-0.39, 0.29) is 16.5 Å². The summed E-state index contributed by atoms with van der Waals surface area (Å²) in [5, 5.41) is 13.0. The maximum Gasteiger partial charge on any atom is 0.350 e. The number of halogens is 1. The van der Waals surface area contributed by atoms with Crippen LogP contribution in [0.3, 0.4) is 0 Å². The molecule has 0 atom stereocenters. The Balaban J connectivity index is 3.01. The Morgan fingerprint density at radius 1 is 1.61 bits per heavy atom. The number of nitrogens with two attached hydrogens (primary N) is 1. The van der Waals surface area contributed by atoms with Crippen molar-refractivity contribution in [2.45, 2.75) is 19.4 Å². The number of carbonyl (C=O) groups excluding carboxylic acids is 1. The van der Waals surface area contributed by atoms with Gasteiger partial charge in [-0.25, -0.2) is 9.78 Å². The number of aliphatic carboxylic acids is 1. The molecule has 9 heteroatoms. The van der Waals surface area contributed by atoms with Gasteiger partial charge in [0, 0.05) is 5.38 Å². The second-order valence-electron chi connectivity index (χ2n) is 3.69. The number of nitrogen functional groups attached to an aromatic ring is 1. The minimum absolute atomic E-state index is 0.138. The molecule has 0 saturated carbocycles. The first-order chi connectivity index (χ1) is 8.24. The van der Waals surface area contributed by atoms with Gasteiger partial charge in [-0.05, 0) is 25.4 Å². The second kappa shape index (κ2) is 5.32. The molecular weight excluding hydrogens is 282 g/mol. The first-order valence-corrected chi connectivity index (χ1v) is 5.90. The van der Waals surface area contributed by atoms with Gasteiger partial charge in [-0.15, -0.1) is 11.3 Å². The predicted octanol–water partition coefficient (Wildman–Crippen LogP) is 1.07. The molecule has 0 bridgehead atoms. The summed E-state index contributed by atoms with van der Waals surface area (Å²) < 4.78 is 0. The number of aromatic nitrogens is 1. The van der Waals surface area contributed by atoms with Crippen molar-refractivity contribution in [1.29, 1.82) is 0 Å². The van der Waals surface area contributed by atoms with Gasteiger partial charge in [0.1, 0.15) is 5.69 Å². The maximum atomic E-state index is 11.2. The molecule has 98 valence electrons. The first-order valence-electron chi connectivity index (χ1n) is 4.65. The Labute approximate surface area is 111 Å². The van der Waals surface area contributed by atoms with Crippen LogP contribution in [0.2, 0.25) is 0 Å². The molecular formula is C9H10ClN3O4S. The van der Waals surface area contributed by atoms with Gasteiger partial charge in [0.05, 0.1) is 0 Å². The molecule has 7 nitrogen and oxygen atoms in total. The van der Waals surface area contributed by atoms with Gasteiger partial charge in [0.15, 0.2) is 10.8 Å². The second-order valence-corrected chi connectivity index (χ2v) is 4.92. The van der Waals surface area contributed by atoms with Crippen LogP contribution in [-0.2, 0) is 14.4 Å². The number of anilines is 1. The molecule has 0 saturated heterocycles. The number of carboxylic acid groups (broad SMARTS) is 1. The lowest BCUT2D eigenvalue weighted by Crippen LogP contribution is -2.33. The molecule has 1 aromatic heterocycles. The van der Waals surface area contributed by atoms with Crippen LogP contribution in [0.5, 0.6) is 0 Å². The van der Waals surface area contributed by atoms with E-state index in [0.717, 1.165) is 11.3 Å². The number of hydrogen-bond acceptors (Lipinski definition) is 7. The summed E-state index contributed by atoms with van der Waals surface area (Å²) in [6.07, 6.45) is 0. The van der Waals surface area contributed by atoms with Crippen LogP contribution in [0, 0.1) is 0 Å². The van der Waals surface area contributed by atoms with E-state index in [1.165, 1.54) is 19.2 Å². The highest BCUT2D eigenvalue weighted by molar-refractivity contribution is 7.13. The summed E-state index contributed by atoms with van der Waals surface area (Å²) in [6, 6.07) is 0. The largest absolute Gasteiger partial charge is 0.478 e. The van der Waals surface area contributed by atoms with Crippen molar-refractivity contribution >= 4 is 45.0 Å². The summed E-state index contributed by atoms with van der Waals surface area (Å²) in [5.74, 6) is -1.23. The van der Waals surface area contributed by atoms with E-state index in [9.17, 15) is 9.59 Å². The Hall–Kier alpha value is -1.67. The molecule has 0 aliphatic rings. The fourth-order valence-corrected chi connectivity index (χ4v) is 1.46. The highest BCUT2D eigenvalue weighted by Crippen LogP contribution is 2.15. The molecule has 0 fully saturated rings. The topological polar surface area (TPSA) is 115 Å². The van der Waals surface area contributed by atoms with Crippen molar-refractivity contribution in [3.63, 3.8) is 0 Å². The van der Waals surface area contributed by atoms with Gasteiger partial charge in [-0.1, -0.05) is 5.16 Å². The summed E-state index contributed by atoms with van der Waals surface area (Å²) in [5.41, 5.74) is 3.67. The Morgan fingerprint density at radius 3 is 2.61 bits per heavy atom. The van der Waals surface area contributed by atoms with Crippen LogP contribution < -0.4 is 5.73 Å². The minimum atomic E-state index is -1.58. The van der Waals surface area contributed by atoms with Gasteiger partial charge >= 0.3 is 5.97 Å². The van der Waals surface area contributed by atoms with Crippen molar-refractivity contribution in [3.05, 3.63) is 11.1 Å². The molecule has 0 aromatic carbocycles. The number of thiazole rings is 1. The molecule has 0 amide bonds. The van der Waals surface area contributed by atoms with Gasteiger partial charge in [-0.2, -0.15) is 0 Å². The quantitative estimate of drug-likeness (QED) is 0.476. The summed E-state index contributed by atoms with van der Waals surface area (Å²) in [7, 11) is 0. The van der Waals surface area contributed by atoms with Crippen LogP contribution in [-0.4, -0.2) is 32.6 Å². The van der Waals surface area contributed by atoms with Crippen LogP contribution in [0.4, 0.5) is 5.13 Å². The molecule has 1 aromatic rings. The molecule has 0 aliphatic heterocycles. The third kappa shape index (κ3) is 3.41. The van der Waals surface area contributed by atoms with E-state index in [0.29, 0.717) is 0 Å². The number of rotatable bonds is 5. The van der Waals surface area contributed by atoms with E-state index in [2.05, 4.69) is 10.1 Å². The number of carbonyl (C=O) groups is 2. The average molecular weight is 292 g/mol. The third-order valence-electron chi connectivity index (χ3n) is 1.83. The van der Waals surface area contributed by atoms with E-state index in [4.69, 9.17) is 27.3 Å². The molecule has 3 N–H and O–H groups in total. The number of oxime groups is 1. The SMILES string of the molecule is CC(C)(ON=C(C(=O)Cl)c1csc(N)n1)C(=O)O. The standard InChI is InChI=1S/C9H10ClN3O4S/c1-9(2,7(15)16)17-13-5(6(10)14)4-3-18-8(11)12-4/h3H,1-2H3,(H2,11,12)(H,15,16). The molecule has 1 rings (SSSR count). The fourth-order valence-electron chi connectivity index (χ4n) is 0.779. The van der Waals surface area contributed by atoms with Crippen molar-refractivity contribution in [3.8, 4) is 0 Å². The lowest BCUT2D eigenvalue weighted by Gasteiger charge is -2.16. The molecule has 0 unspecified atom stereocenters. The molecule has 0 radical (unpaired) electrons. The zero-order chi connectivity index (χ0) is 13.9. The molecule has 0 aliphatic carbocycles. The number of hydrogen-bond donors (Lipinski definition) is 2. The smallest absolute Gasteiger partial charge is 0.350 e. The van der Waals surface area contributed by atoms with Crippen LogP contribution in [0.15, 0.2) is 10.5 Å². The van der Waals surface area contributed by atoms with Gasteiger partial charge in [0.25, 0.3) is 5.24 Å². The van der Waals surface area contributed by atoms with Gasteiger partial charge < -0.3 is 15.7 Å². The Bertz CT molecular complexity index is 512. The number of carboxylic acids is 1. The van der Waals surface area contributed by atoms with E-state index in [1.807, 2.05) is 0 Å². The average Bonchev–Trinajstić information content (AvgIpc) is 2.64. The van der Waals surface area contributed by atoms with Crippen LogP contribution in [0.1, 0.15) is 19.5 Å². The Morgan fingerprint density at radius 2 is 2.22 bits per heavy atom.